The maximum absolute atomic E-state index is 14.1. The highest BCUT2D eigenvalue weighted by Crippen LogP contribution is 2.40. The van der Waals surface area contributed by atoms with Gasteiger partial charge in [0.15, 0.2) is 17.2 Å². The van der Waals surface area contributed by atoms with Crippen LogP contribution in [0.2, 0.25) is 0 Å². The van der Waals surface area contributed by atoms with Crippen molar-refractivity contribution in [3.8, 4) is 0 Å². The van der Waals surface area contributed by atoms with E-state index in [1.807, 2.05) is 24.3 Å². The van der Waals surface area contributed by atoms with Crippen LogP contribution >= 0.6 is 0 Å². The Hall–Kier alpha value is -4.74. The first-order valence-corrected chi connectivity index (χ1v) is 14.9. The molecule has 0 radical (unpaired) electrons. The molecule has 43 heavy (non-hydrogen) atoms. The van der Waals surface area contributed by atoms with E-state index < -0.39 is 11.7 Å². The molecule has 3 aliphatic rings. The number of nitrogens with one attached hydrogen (secondary N) is 5. The van der Waals surface area contributed by atoms with Crippen molar-refractivity contribution in [2.75, 3.05) is 16.0 Å². The Morgan fingerprint density at radius 2 is 1.60 bits per heavy atom. The molecule has 4 aromatic rings. The van der Waals surface area contributed by atoms with Gasteiger partial charge in [-0.2, -0.15) is 0 Å². The van der Waals surface area contributed by atoms with E-state index in [-0.39, 0.29) is 35.5 Å². The average Bonchev–Trinajstić information content (AvgIpc) is 3.93. The molecule has 3 saturated carbocycles. The molecule has 3 aromatic heterocycles. The predicted molar refractivity (Wildman–Crippen MR) is 161 cm³/mol. The Kier molecular flexibility index (Phi) is 7.25. The number of aromatic nitrogens is 4. The maximum atomic E-state index is 14.1. The molecule has 0 saturated heterocycles. The third kappa shape index (κ3) is 6.23. The van der Waals surface area contributed by atoms with Gasteiger partial charge >= 0.3 is 6.03 Å². The van der Waals surface area contributed by atoms with Gasteiger partial charge in [-0.15, -0.1) is 5.10 Å². The lowest BCUT2D eigenvalue weighted by atomic mass is 9.91. The molecule has 222 valence electrons. The summed E-state index contributed by atoms with van der Waals surface area (Å²) < 4.78 is 15.6. The summed E-state index contributed by atoms with van der Waals surface area (Å²) in [5.41, 5.74) is 2.82. The van der Waals surface area contributed by atoms with Crippen LogP contribution in [-0.4, -0.2) is 55.7 Å². The molecule has 0 unspecified atom stereocenters. The van der Waals surface area contributed by atoms with Gasteiger partial charge in [-0.05, 0) is 56.6 Å². The van der Waals surface area contributed by atoms with Crippen molar-refractivity contribution < 1.29 is 14.0 Å². The Morgan fingerprint density at radius 1 is 0.860 bits per heavy atom. The second kappa shape index (κ2) is 11.5. The van der Waals surface area contributed by atoms with Crippen LogP contribution in [0.5, 0.6) is 0 Å². The van der Waals surface area contributed by atoms with Crippen molar-refractivity contribution >= 4 is 34.8 Å². The highest BCUT2D eigenvalue weighted by molar-refractivity contribution is 6.03. The minimum Gasteiger partial charge on any atom is -0.379 e. The van der Waals surface area contributed by atoms with Gasteiger partial charge in [0.05, 0.1) is 23.8 Å². The van der Waals surface area contributed by atoms with Gasteiger partial charge in [0.1, 0.15) is 5.82 Å². The van der Waals surface area contributed by atoms with Gasteiger partial charge < -0.3 is 26.6 Å². The molecular formula is C31H34FN9O2. The van der Waals surface area contributed by atoms with Crippen LogP contribution in [0.3, 0.4) is 0 Å². The number of anilines is 3. The van der Waals surface area contributed by atoms with E-state index >= 15 is 0 Å². The molecule has 7 rings (SSSR count). The Bertz CT molecular complexity index is 1630. The number of halogens is 1. The molecule has 3 aliphatic carbocycles. The molecule has 0 aliphatic heterocycles. The minimum atomic E-state index is -0.623. The van der Waals surface area contributed by atoms with E-state index in [1.165, 1.54) is 28.5 Å². The lowest BCUT2D eigenvalue weighted by molar-refractivity contribution is 0.102. The quantitative estimate of drug-likeness (QED) is 0.193. The number of benzene rings is 1. The molecule has 11 nitrogen and oxygen atoms in total. The van der Waals surface area contributed by atoms with Crippen molar-refractivity contribution in [3.05, 3.63) is 78.1 Å². The first-order chi connectivity index (χ1) is 21.0. The van der Waals surface area contributed by atoms with Crippen molar-refractivity contribution in [1.82, 2.24) is 30.2 Å². The summed E-state index contributed by atoms with van der Waals surface area (Å²) in [6, 6.07) is 14.4. The lowest BCUT2D eigenvalue weighted by Crippen LogP contribution is -2.45. The lowest BCUT2D eigenvalue weighted by Gasteiger charge is -2.30. The third-order valence-corrected chi connectivity index (χ3v) is 8.41. The van der Waals surface area contributed by atoms with Crippen LogP contribution in [0.4, 0.5) is 26.4 Å². The molecule has 2 atom stereocenters. The molecule has 3 amide bonds. The number of pyridine rings is 1. The molecule has 3 heterocycles. The number of imidazole rings is 1. The van der Waals surface area contributed by atoms with Crippen molar-refractivity contribution in [1.29, 1.82) is 0 Å². The van der Waals surface area contributed by atoms with Crippen LogP contribution in [0, 0.1) is 5.82 Å². The van der Waals surface area contributed by atoms with Crippen LogP contribution < -0.4 is 26.6 Å². The smallest absolute Gasteiger partial charge is 0.315 e. The fourth-order valence-electron chi connectivity index (χ4n) is 5.82. The van der Waals surface area contributed by atoms with Gasteiger partial charge in [-0.25, -0.2) is 18.7 Å². The number of fused-ring (bicyclic) bond motifs is 1. The Labute approximate surface area is 248 Å². The van der Waals surface area contributed by atoms with E-state index in [1.54, 1.807) is 0 Å². The van der Waals surface area contributed by atoms with E-state index in [9.17, 15) is 14.0 Å². The van der Waals surface area contributed by atoms with E-state index in [2.05, 4.69) is 48.7 Å². The molecule has 0 bridgehead atoms. The summed E-state index contributed by atoms with van der Waals surface area (Å²) in [7, 11) is 0. The monoisotopic (exact) mass is 583 g/mol. The SMILES string of the molecule is O=C(NC1CCC(Nc2cc(NC3CC3)c3ncc(C(=O)Nc4ccncc4F)n3n2)CC1)N[C@@H]1C[C@H]1c1ccccc1. The van der Waals surface area contributed by atoms with Crippen LogP contribution in [0.25, 0.3) is 5.65 Å². The van der Waals surface area contributed by atoms with Gasteiger partial charge in [0.2, 0.25) is 0 Å². The van der Waals surface area contributed by atoms with E-state index in [4.69, 9.17) is 5.10 Å². The molecule has 5 N–H and O–H groups in total. The van der Waals surface area contributed by atoms with Crippen LogP contribution in [-0.2, 0) is 0 Å². The Morgan fingerprint density at radius 3 is 2.37 bits per heavy atom. The zero-order valence-electron chi connectivity index (χ0n) is 23.6. The van der Waals surface area contributed by atoms with E-state index in [0.29, 0.717) is 23.4 Å². The minimum absolute atomic E-state index is 0.0350. The molecule has 3 fully saturated rings. The highest BCUT2D eigenvalue weighted by Gasteiger charge is 2.39. The summed E-state index contributed by atoms with van der Waals surface area (Å²) in [5, 5.41) is 20.6. The first kappa shape index (κ1) is 27.1. The number of amides is 3. The number of urea groups is 1. The molecule has 1 aromatic carbocycles. The summed E-state index contributed by atoms with van der Waals surface area (Å²) in [6.45, 7) is 0. The molecular weight excluding hydrogens is 549 g/mol. The van der Waals surface area contributed by atoms with Crippen molar-refractivity contribution in [2.45, 2.75) is 75.0 Å². The summed E-state index contributed by atoms with van der Waals surface area (Å²) in [6.07, 6.45) is 10.5. The van der Waals surface area contributed by atoms with Gasteiger partial charge in [0, 0.05) is 42.3 Å². The second-order valence-electron chi connectivity index (χ2n) is 11.7. The fourth-order valence-corrected chi connectivity index (χ4v) is 5.82. The zero-order chi connectivity index (χ0) is 29.3. The molecule has 0 spiro atoms. The normalized spacial score (nSPS) is 22.9. The molecule has 12 heteroatoms. The van der Waals surface area contributed by atoms with E-state index in [0.717, 1.165) is 56.8 Å². The summed E-state index contributed by atoms with van der Waals surface area (Å²) in [5.74, 6) is -0.129. The Balaban J connectivity index is 0.978. The van der Waals surface area contributed by atoms with Crippen molar-refractivity contribution in [2.24, 2.45) is 0 Å². The first-order valence-electron chi connectivity index (χ1n) is 14.9. The number of hydrogen-bond donors (Lipinski definition) is 5. The van der Waals surface area contributed by atoms with Gasteiger partial charge in [-0.3, -0.25) is 9.78 Å². The second-order valence-corrected chi connectivity index (χ2v) is 11.7. The number of nitrogens with zero attached hydrogens (tertiary/aromatic N) is 4. The topological polar surface area (TPSA) is 137 Å². The predicted octanol–water partition coefficient (Wildman–Crippen LogP) is 4.67. The summed E-state index contributed by atoms with van der Waals surface area (Å²) in [4.78, 5) is 33.9. The van der Waals surface area contributed by atoms with Crippen molar-refractivity contribution in [3.63, 3.8) is 0 Å². The maximum Gasteiger partial charge on any atom is 0.315 e. The van der Waals surface area contributed by atoms with Gasteiger partial charge in [0.25, 0.3) is 5.91 Å². The number of rotatable bonds is 9. The van der Waals surface area contributed by atoms with Gasteiger partial charge in [-0.1, -0.05) is 30.3 Å². The number of carbonyl (C=O) groups is 2. The summed E-state index contributed by atoms with van der Waals surface area (Å²) >= 11 is 0. The van der Waals surface area contributed by atoms with Crippen LogP contribution in [0.15, 0.2) is 61.1 Å². The zero-order valence-corrected chi connectivity index (χ0v) is 23.6. The standard InChI is InChI=1S/C31H34FN9O2/c32-23-16-33-13-12-24(23)38-30(42)27-17-34-29-26(35-19-6-7-19)15-28(40-41(27)29)36-20-8-10-21(11-9-20)37-31(43)39-25-14-22(25)18-4-2-1-3-5-18/h1-5,12-13,15-17,19-22,25,35H,6-11,14H2,(H,36,40)(H,33,38,42)(H2,37,39,43)/t20?,21?,22-,25+/m0/s1. The third-order valence-electron chi connectivity index (χ3n) is 8.41. The van der Waals surface area contributed by atoms with Crippen LogP contribution in [0.1, 0.15) is 66.9 Å². The average molecular weight is 584 g/mol. The largest absolute Gasteiger partial charge is 0.379 e. The number of hydrogen-bond acceptors (Lipinski definition) is 7. The number of carbonyl (C=O) groups excluding carboxylic acids is 2. The fraction of sp³-hybridized carbons (Fsp3) is 0.387. The highest BCUT2D eigenvalue weighted by atomic mass is 19.1.